The summed E-state index contributed by atoms with van der Waals surface area (Å²) in [6.07, 6.45) is 4.43. The molecule has 3 nitrogen and oxygen atoms in total. The zero-order chi connectivity index (χ0) is 16.1. The van der Waals surface area contributed by atoms with Gasteiger partial charge in [-0.15, -0.1) is 0 Å². The number of alkyl halides is 1. The third-order valence-corrected chi connectivity index (χ3v) is 5.26. The van der Waals surface area contributed by atoms with Crippen LogP contribution in [-0.2, 0) is 17.8 Å². The van der Waals surface area contributed by atoms with E-state index in [1.807, 2.05) is 4.90 Å². The van der Waals surface area contributed by atoms with E-state index in [-0.39, 0.29) is 6.67 Å². The van der Waals surface area contributed by atoms with Crippen LogP contribution in [0.4, 0.5) is 4.39 Å². The number of carbonyl (C=O) groups is 1. The van der Waals surface area contributed by atoms with Gasteiger partial charge in [0.2, 0.25) is 5.91 Å². The van der Waals surface area contributed by atoms with Crippen LogP contribution in [0.2, 0.25) is 0 Å². The maximum atomic E-state index is 12.6. The maximum Gasteiger partial charge on any atom is 0.223 e. The van der Waals surface area contributed by atoms with Gasteiger partial charge in [0.1, 0.15) is 0 Å². The Morgan fingerprint density at radius 3 is 2.61 bits per heavy atom. The molecule has 1 fully saturated rings. The first kappa shape index (κ1) is 16.4. The molecule has 0 spiro atoms. The average molecular weight is 318 g/mol. The normalized spacial score (nSPS) is 19.6. The second kappa shape index (κ2) is 7.91. The molecule has 4 heteroatoms. The Hall–Kier alpha value is -1.42. The summed E-state index contributed by atoms with van der Waals surface area (Å²) in [5, 5.41) is 0. The Balaban J connectivity index is 1.45. The lowest BCUT2D eigenvalue weighted by molar-refractivity contribution is -0.133. The molecule has 23 heavy (non-hydrogen) atoms. The molecule has 126 valence electrons. The molecule has 0 radical (unpaired) electrons. The predicted octanol–water partition coefficient (Wildman–Crippen LogP) is 3.03. The molecule has 0 atom stereocenters. The Morgan fingerprint density at radius 2 is 1.87 bits per heavy atom. The minimum Gasteiger partial charge on any atom is -0.338 e. The van der Waals surface area contributed by atoms with Crippen LogP contribution in [0, 0.1) is 5.92 Å². The fourth-order valence-electron chi connectivity index (χ4n) is 3.78. The van der Waals surface area contributed by atoms with Crippen molar-refractivity contribution in [3.8, 4) is 0 Å². The molecule has 1 aromatic carbocycles. The van der Waals surface area contributed by atoms with Crippen LogP contribution in [-0.4, -0.2) is 48.6 Å². The van der Waals surface area contributed by atoms with E-state index in [2.05, 4.69) is 29.2 Å². The summed E-state index contributed by atoms with van der Waals surface area (Å²) < 4.78 is 12.2. The highest BCUT2D eigenvalue weighted by Crippen LogP contribution is 2.24. The number of amides is 1. The fraction of sp³-hybridized carbons (Fsp3) is 0.632. The van der Waals surface area contributed by atoms with E-state index in [1.54, 1.807) is 0 Å². The number of rotatable bonds is 5. The third kappa shape index (κ3) is 4.31. The number of piperidine rings is 1. The van der Waals surface area contributed by atoms with Gasteiger partial charge in [-0.2, -0.15) is 0 Å². The molecule has 1 saturated heterocycles. The average Bonchev–Trinajstić information content (AvgIpc) is 2.60. The lowest BCUT2D eigenvalue weighted by Gasteiger charge is -2.34. The van der Waals surface area contributed by atoms with E-state index in [0.717, 1.165) is 52.0 Å². The SMILES string of the molecule is O=C(CC1CCN(CCCF)CC1)N1CCc2ccccc2C1. The number of halogens is 1. The third-order valence-electron chi connectivity index (χ3n) is 5.26. The van der Waals surface area contributed by atoms with Crippen molar-refractivity contribution in [2.45, 2.75) is 38.6 Å². The van der Waals surface area contributed by atoms with Crippen LogP contribution in [0.1, 0.15) is 36.8 Å². The van der Waals surface area contributed by atoms with Gasteiger partial charge in [-0.25, -0.2) is 0 Å². The van der Waals surface area contributed by atoms with Gasteiger partial charge in [0.05, 0.1) is 6.67 Å². The lowest BCUT2D eigenvalue weighted by atomic mass is 9.92. The van der Waals surface area contributed by atoms with Crippen molar-refractivity contribution in [2.24, 2.45) is 5.92 Å². The van der Waals surface area contributed by atoms with E-state index in [9.17, 15) is 9.18 Å². The summed E-state index contributed by atoms with van der Waals surface area (Å²) in [4.78, 5) is 16.9. The van der Waals surface area contributed by atoms with Crippen molar-refractivity contribution in [1.82, 2.24) is 9.80 Å². The van der Waals surface area contributed by atoms with Crippen LogP contribution in [0.15, 0.2) is 24.3 Å². The molecule has 1 aromatic rings. The minimum absolute atomic E-state index is 0.227. The summed E-state index contributed by atoms with van der Waals surface area (Å²) in [5.41, 5.74) is 2.69. The highest BCUT2D eigenvalue weighted by molar-refractivity contribution is 5.76. The first-order chi connectivity index (χ1) is 11.3. The van der Waals surface area contributed by atoms with E-state index in [1.165, 1.54) is 11.1 Å². The molecule has 2 aliphatic heterocycles. The quantitative estimate of drug-likeness (QED) is 0.833. The van der Waals surface area contributed by atoms with Gasteiger partial charge in [0.25, 0.3) is 0 Å². The van der Waals surface area contributed by atoms with Crippen LogP contribution in [0.3, 0.4) is 0 Å². The summed E-state index contributed by atoms with van der Waals surface area (Å²) in [6, 6.07) is 8.44. The van der Waals surface area contributed by atoms with E-state index in [0.29, 0.717) is 24.7 Å². The van der Waals surface area contributed by atoms with Gasteiger partial charge in [0, 0.05) is 26.1 Å². The maximum absolute atomic E-state index is 12.6. The van der Waals surface area contributed by atoms with Gasteiger partial charge in [-0.3, -0.25) is 9.18 Å². The van der Waals surface area contributed by atoms with Gasteiger partial charge in [-0.1, -0.05) is 24.3 Å². The Bertz CT molecular complexity index is 526. The minimum atomic E-state index is -0.227. The summed E-state index contributed by atoms with van der Waals surface area (Å²) >= 11 is 0. The van der Waals surface area contributed by atoms with Crippen molar-refractivity contribution in [1.29, 1.82) is 0 Å². The summed E-state index contributed by atoms with van der Waals surface area (Å²) in [7, 11) is 0. The zero-order valence-electron chi connectivity index (χ0n) is 13.8. The zero-order valence-corrected chi connectivity index (χ0v) is 13.8. The number of nitrogens with zero attached hydrogens (tertiary/aromatic N) is 2. The van der Waals surface area contributed by atoms with Gasteiger partial charge < -0.3 is 9.80 Å². The van der Waals surface area contributed by atoms with Crippen LogP contribution >= 0.6 is 0 Å². The van der Waals surface area contributed by atoms with Gasteiger partial charge >= 0.3 is 0 Å². The molecule has 0 aromatic heterocycles. The van der Waals surface area contributed by atoms with Crippen LogP contribution in [0.5, 0.6) is 0 Å². The molecular formula is C19H27FN2O. The first-order valence-electron chi connectivity index (χ1n) is 8.89. The highest BCUT2D eigenvalue weighted by Gasteiger charge is 2.25. The molecule has 0 unspecified atom stereocenters. The summed E-state index contributed by atoms with van der Waals surface area (Å²) in [5.74, 6) is 0.808. The lowest BCUT2D eigenvalue weighted by Crippen LogP contribution is -2.39. The molecule has 3 rings (SSSR count). The molecule has 0 saturated carbocycles. The van der Waals surface area contributed by atoms with Crippen molar-refractivity contribution < 1.29 is 9.18 Å². The fourth-order valence-corrected chi connectivity index (χ4v) is 3.78. The van der Waals surface area contributed by atoms with Gasteiger partial charge in [0.15, 0.2) is 0 Å². The van der Waals surface area contributed by atoms with E-state index in [4.69, 9.17) is 0 Å². The Labute approximate surface area is 138 Å². The number of hydrogen-bond acceptors (Lipinski definition) is 2. The molecule has 0 bridgehead atoms. The van der Waals surface area contributed by atoms with Crippen molar-refractivity contribution in [2.75, 3.05) is 32.9 Å². The van der Waals surface area contributed by atoms with Crippen molar-refractivity contribution >= 4 is 5.91 Å². The molecule has 0 aliphatic carbocycles. The van der Waals surface area contributed by atoms with Crippen molar-refractivity contribution in [3.05, 3.63) is 35.4 Å². The Morgan fingerprint density at radius 1 is 1.13 bits per heavy atom. The predicted molar refractivity (Wildman–Crippen MR) is 89.9 cm³/mol. The number of fused-ring (bicyclic) bond motifs is 1. The Kier molecular flexibility index (Phi) is 5.65. The van der Waals surface area contributed by atoms with E-state index < -0.39 is 0 Å². The number of carbonyl (C=O) groups excluding carboxylic acids is 1. The molecule has 1 amide bonds. The highest BCUT2D eigenvalue weighted by atomic mass is 19.1. The van der Waals surface area contributed by atoms with Crippen molar-refractivity contribution in [3.63, 3.8) is 0 Å². The number of likely N-dealkylation sites (tertiary alicyclic amines) is 1. The second-order valence-corrected chi connectivity index (χ2v) is 6.87. The number of hydrogen-bond donors (Lipinski definition) is 0. The first-order valence-corrected chi connectivity index (χ1v) is 8.89. The monoisotopic (exact) mass is 318 g/mol. The standard InChI is InChI=1S/C19H27FN2O/c20-9-3-10-21-11-6-16(7-12-21)14-19(23)22-13-8-17-4-1-2-5-18(17)15-22/h1-2,4-5,16H,3,6-15H2. The molecule has 0 N–H and O–H groups in total. The summed E-state index contributed by atoms with van der Waals surface area (Å²) in [6.45, 7) is 4.28. The van der Waals surface area contributed by atoms with Crippen LogP contribution < -0.4 is 0 Å². The molecule has 2 heterocycles. The molecule has 2 aliphatic rings. The van der Waals surface area contributed by atoms with Gasteiger partial charge in [-0.05, 0) is 55.8 Å². The van der Waals surface area contributed by atoms with Crippen LogP contribution in [0.25, 0.3) is 0 Å². The largest absolute Gasteiger partial charge is 0.338 e. The smallest absolute Gasteiger partial charge is 0.223 e. The topological polar surface area (TPSA) is 23.6 Å². The molecular weight excluding hydrogens is 291 g/mol. The van der Waals surface area contributed by atoms with E-state index >= 15 is 0 Å². The second-order valence-electron chi connectivity index (χ2n) is 6.87. The number of benzene rings is 1.